The minimum atomic E-state index is 0.383. The van der Waals surface area contributed by atoms with Crippen molar-refractivity contribution in [2.24, 2.45) is 4.99 Å². The predicted molar refractivity (Wildman–Crippen MR) is 58.3 cm³/mol. The number of isothiocyanates is 1. The van der Waals surface area contributed by atoms with Gasteiger partial charge in [-0.15, -0.1) is 0 Å². The highest BCUT2D eigenvalue weighted by atomic mass is 32.1. The molecule has 0 spiro atoms. The third-order valence-electron chi connectivity index (χ3n) is 1.85. The Morgan fingerprint density at radius 1 is 1.31 bits per heavy atom. The molecule has 3 heteroatoms. The van der Waals surface area contributed by atoms with Crippen molar-refractivity contribution < 1.29 is 4.79 Å². The number of rotatable bonds is 8. The number of nitrogens with zero attached hydrogens (tertiary/aromatic N) is 1. The maximum Gasteiger partial charge on any atom is 0.132 e. The highest BCUT2D eigenvalue weighted by molar-refractivity contribution is 7.78. The SMILES string of the molecule is CCCCC(=O)CCCCN=C=S. The van der Waals surface area contributed by atoms with Gasteiger partial charge in [0, 0.05) is 19.4 Å². The Morgan fingerprint density at radius 3 is 2.62 bits per heavy atom. The molecular weight excluding hydrogens is 182 g/mol. The number of aliphatic imine (C=N–C) groups is 1. The molecule has 0 aromatic rings. The molecule has 0 aromatic heterocycles. The first-order valence-electron chi connectivity index (χ1n) is 4.86. The summed E-state index contributed by atoms with van der Waals surface area (Å²) in [4.78, 5) is 15.0. The fraction of sp³-hybridized carbons (Fsp3) is 0.800. The third kappa shape index (κ3) is 9.38. The molecule has 0 unspecified atom stereocenters. The summed E-state index contributed by atoms with van der Waals surface area (Å²) in [6.45, 7) is 2.81. The van der Waals surface area contributed by atoms with Crippen LogP contribution in [0.25, 0.3) is 0 Å². The third-order valence-corrected chi connectivity index (χ3v) is 1.98. The standard InChI is InChI=1S/C10H17NOS/c1-2-3-6-10(12)7-4-5-8-11-9-13/h2-8H2,1H3. The normalized spacial score (nSPS) is 9.31. The minimum absolute atomic E-state index is 0.383. The first kappa shape index (κ1) is 12.5. The molecule has 0 amide bonds. The summed E-state index contributed by atoms with van der Waals surface area (Å²) in [6.07, 6.45) is 5.45. The van der Waals surface area contributed by atoms with Gasteiger partial charge in [-0.05, 0) is 31.5 Å². The van der Waals surface area contributed by atoms with Crippen LogP contribution in [0.3, 0.4) is 0 Å². The average molecular weight is 199 g/mol. The van der Waals surface area contributed by atoms with E-state index in [-0.39, 0.29) is 0 Å². The van der Waals surface area contributed by atoms with E-state index in [4.69, 9.17) is 0 Å². The first-order chi connectivity index (χ1) is 6.31. The molecule has 0 fully saturated rings. The van der Waals surface area contributed by atoms with Gasteiger partial charge in [0.15, 0.2) is 0 Å². The van der Waals surface area contributed by atoms with Gasteiger partial charge in [-0.2, -0.15) is 0 Å². The topological polar surface area (TPSA) is 29.4 Å². The molecule has 74 valence electrons. The smallest absolute Gasteiger partial charge is 0.132 e. The Morgan fingerprint density at radius 2 is 2.00 bits per heavy atom. The van der Waals surface area contributed by atoms with Crippen LogP contribution in [-0.4, -0.2) is 17.5 Å². The maximum absolute atomic E-state index is 11.2. The molecule has 0 aliphatic rings. The Balaban J connectivity index is 3.21. The second-order valence-electron chi connectivity index (χ2n) is 3.07. The lowest BCUT2D eigenvalue weighted by atomic mass is 10.1. The van der Waals surface area contributed by atoms with E-state index in [0.717, 1.165) is 32.1 Å². The van der Waals surface area contributed by atoms with Gasteiger partial charge in [0.2, 0.25) is 0 Å². The lowest BCUT2D eigenvalue weighted by Crippen LogP contribution is -1.97. The number of unbranched alkanes of at least 4 members (excludes halogenated alkanes) is 2. The fourth-order valence-corrected chi connectivity index (χ4v) is 1.15. The molecule has 0 aliphatic heterocycles. The largest absolute Gasteiger partial charge is 0.300 e. The summed E-state index contributed by atoms with van der Waals surface area (Å²) < 4.78 is 0. The van der Waals surface area contributed by atoms with Gasteiger partial charge in [0.1, 0.15) is 5.78 Å². The van der Waals surface area contributed by atoms with E-state index >= 15 is 0 Å². The van der Waals surface area contributed by atoms with Crippen molar-refractivity contribution in [1.82, 2.24) is 0 Å². The second-order valence-corrected chi connectivity index (χ2v) is 3.25. The number of hydrogen-bond donors (Lipinski definition) is 0. The quantitative estimate of drug-likeness (QED) is 0.341. The number of carbonyl (C=O) groups is 1. The Kier molecular flexibility index (Phi) is 9.17. The summed E-state index contributed by atoms with van der Waals surface area (Å²) in [6, 6.07) is 0. The van der Waals surface area contributed by atoms with Gasteiger partial charge in [-0.3, -0.25) is 4.79 Å². The van der Waals surface area contributed by atoms with Gasteiger partial charge in [-0.25, -0.2) is 4.99 Å². The molecule has 0 rings (SSSR count). The second kappa shape index (κ2) is 9.56. The summed E-state index contributed by atoms with van der Waals surface area (Å²) in [5.41, 5.74) is 0. The zero-order chi connectivity index (χ0) is 9.94. The van der Waals surface area contributed by atoms with Gasteiger partial charge in [0.05, 0.1) is 5.16 Å². The van der Waals surface area contributed by atoms with Crippen molar-refractivity contribution in [1.29, 1.82) is 0 Å². The molecular formula is C10H17NOS. The van der Waals surface area contributed by atoms with Crippen molar-refractivity contribution in [2.75, 3.05) is 6.54 Å². The lowest BCUT2D eigenvalue weighted by molar-refractivity contribution is -0.119. The summed E-state index contributed by atoms with van der Waals surface area (Å²) in [5, 5.41) is 2.31. The number of hydrogen-bond acceptors (Lipinski definition) is 3. The highest BCUT2D eigenvalue weighted by Gasteiger charge is 1.99. The number of Topliss-reactive ketones (excluding diaryl/α,β-unsaturated/α-hetero) is 1. The van der Waals surface area contributed by atoms with E-state index in [1.54, 1.807) is 0 Å². The van der Waals surface area contributed by atoms with Crippen molar-refractivity contribution in [2.45, 2.75) is 45.4 Å². The summed E-state index contributed by atoms with van der Waals surface area (Å²) in [7, 11) is 0. The van der Waals surface area contributed by atoms with Crippen LogP contribution in [0.2, 0.25) is 0 Å². The Labute approximate surface area is 85.4 Å². The van der Waals surface area contributed by atoms with Crippen LogP contribution in [0.4, 0.5) is 0 Å². The Hall–Kier alpha value is -0.530. The van der Waals surface area contributed by atoms with Crippen molar-refractivity contribution in [3.8, 4) is 0 Å². The molecule has 0 aliphatic carbocycles. The molecule has 13 heavy (non-hydrogen) atoms. The van der Waals surface area contributed by atoms with Crippen molar-refractivity contribution >= 4 is 23.2 Å². The van der Waals surface area contributed by atoms with Gasteiger partial charge < -0.3 is 0 Å². The van der Waals surface area contributed by atoms with E-state index in [1.165, 1.54) is 0 Å². The molecule has 2 nitrogen and oxygen atoms in total. The monoisotopic (exact) mass is 199 g/mol. The van der Waals surface area contributed by atoms with Crippen LogP contribution in [-0.2, 0) is 4.79 Å². The highest BCUT2D eigenvalue weighted by Crippen LogP contribution is 2.03. The molecule has 0 saturated heterocycles. The zero-order valence-corrected chi connectivity index (χ0v) is 9.03. The van der Waals surface area contributed by atoms with Crippen LogP contribution in [0, 0.1) is 0 Å². The molecule has 0 saturated carbocycles. The molecule has 0 radical (unpaired) electrons. The molecule has 0 bridgehead atoms. The molecule has 0 aromatic carbocycles. The Bertz CT molecular complexity index is 185. The van der Waals surface area contributed by atoms with Gasteiger partial charge >= 0.3 is 0 Å². The first-order valence-corrected chi connectivity index (χ1v) is 5.27. The van der Waals surface area contributed by atoms with Gasteiger partial charge in [-0.1, -0.05) is 13.3 Å². The number of carbonyl (C=O) groups excluding carboxylic acids is 1. The van der Waals surface area contributed by atoms with Crippen molar-refractivity contribution in [3.05, 3.63) is 0 Å². The van der Waals surface area contributed by atoms with E-state index in [2.05, 4.69) is 29.3 Å². The molecule has 0 atom stereocenters. The maximum atomic E-state index is 11.2. The van der Waals surface area contributed by atoms with Gasteiger partial charge in [0.25, 0.3) is 0 Å². The number of ketones is 1. The lowest BCUT2D eigenvalue weighted by Gasteiger charge is -1.97. The van der Waals surface area contributed by atoms with Crippen LogP contribution in [0.1, 0.15) is 45.4 Å². The summed E-state index contributed by atoms with van der Waals surface area (Å²) >= 11 is 4.43. The van der Waals surface area contributed by atoms with Crippen molar-refractivity contribution in [3.63, 3.8) is 0 Å². The van der Waals surface area contributed by atoms with Crippen LogP contribution in [0.5, 0.6) is 0 Å². The van der Waals surface area contributed by atoms with E-state index in [0.29, 0.717) is 18.7 Å². The van der Waals surface area contributed by atoms with Crippen LogP contribution >= 0.6 is 12.2 Å². The minimum Gasteiger partial charge on any atom is -0.300 e. The van der Waals surface area contributed by atoms with Crippen LogP contribution < -0.4 is 0 Å². The fourth-order valence-electron chi connectivity index (χ4n) is 1.06. The summed E-state index contributed by atoms with van der Waals surface area (Å²) in [5.74, 6) is 0.383. The van der Waals surface area contributed by atoms with Crippen LogP contribution in [0.15, 0.2) is 4.99 Å². The van der Waals surface area contributed by atoms with E-state index in [9.17, 15) is 4.79 Å². The predicted octanol–water partition coefficient (Wildman–Crippen LogP) is 3.02. The average Bonchev–Trinajstić information content (AvgIpc) is 2.14. The zero-order valence-electron chi connectivity index (χ0n) is 8.21. The molecule has 0 heterocycles. The van der Waals surface area contributed by atoms with E-state index in [1.807, 2.05) is 0 Å². The van der Waals surface area contributed by atoms with E-state index < -0.39 is 0 Å². The number of thiocarbonyl (C=S) groups is 1. The molecule has 0 N–H and O–H groups in total.